The Morgan fingerprint density at radius 3 is 1.79 bits per heavy atom. The number of amides is 3. The molecular weight excluding hydrogens is 634 g/mol. The molecule has 17 heteroatoms. The molecule has 47 heavy (non-hydrogen) atoms. The zero-order valence-corrected chi connectivity index (χ0v) is 30.9. The van der Waals surface area contributed by atoms with Crippen molar-refractivity contribution < 1.29 is 28.7 Å². The molecule has 1 aliphatic carbocycles. The highest BCUT2D eigenvalue weighted by Gasteiger charge is 2.37. The van der Waals surface area contributed by atoms with E-state index in [4.69, 9.17) is 25.9 Å². The number of thioether (sulfide) groups is 2. The highest BCUT2D eigenvalue weighted by molar-refractivity contribution is 8.04. The Bertz CT molecular complexity index is 1060. The van der Waals surface area contributed by atoms with Crippen LogP contribution in [0.15, 0.2) is 0 Å². The van der Waals surface area contributed by atoms with Gasteiger partial charge >= 0.3 is 0 Å². The molecule has 0 spiro atoms. The first-order valence-corrected chi connectivity index (χ1v) is 18.5. The van der Waals surface area contributed by atoms with Crippen LogP contribution in [0.3, 0.4) is 0 Å². The van der Waals surface area contributed by atoms with Gasteiger partial charge in [-0.3, -0.25) is 14.4 Å². The van der Waals surface area contributed by atoms with Crippen molar-refractivity contribution in [3.8, 4) is 0 Å². The second-order valence-corrected chi connectivity index (χ2v) is 16.1. The molecular formula is C30H53B4N5O6S2. The molecule has 1 fully saturated rings. The topological polar surface area (TPSA) is 169 Å². The number of rotatable bonds is 25. The molecule has 5 atom stereocenters. The van der Waals surface area contributed by atoms with Gasteiger partial charge in [0.25, 0.3) is 0 Å². The number of hydrogen-bond donors (Lipinski definition) is 5. The van der Waals surface area contributed by atoms with Crippen LogP contribution in [0.4, 0.5) is 0 Å². The van der Waals surface area contributed by atoms with Crippen LogP contribution < -0.4 is 27.0 Å². The Morgan fingerprint density at radius 2 is 1.34 bits per heavy atom. The molecule has 1 saturated carbocycles. The van der Waals surface area contributed by atoms with E-state index in [1.54, 1.807) is 37.4 Å². The van der Waals surface area contributed by atoms with Crippen molar-refractivity contribution >= 4 is 82.4 Å². The van der Waals surface area contributed by atoms with Gasteiger partial charge in [0, 0.05) is 55.0 Å². The number of hydrogen-bond acceptors (Lipinski definition) is 10. The zero-order chi connectivity index (χ0) is 35.8. The standard InChI is InChI=1S/C30H53B4N5O6S2/c1-8-12-30(7,35)45-14-13-28(3,4)27(44)38-19(25(42)36-15-23(40)33-31)17-46-21-10-11-22(21)47-18-20(39-29(5,6)9-2)26(43)37-16-24(41)34-32/h19-22,39H,8-18,35H2,1-7H3,(H,36,42)(H,37,43)(H,38,44). The number of carbonyl (C=O) groups is 5. The predicted octanol–water partition coefficient (Wildman–Crippen LogP) is 0.384. The molecule has 0 aliphatic heterocycles. The minimum absolute atomic E-state index is 0.161. The molecule has 0 aromatic rings. The fourth-order valence-electron chi connectivity index (χ4n) is 4.49. The van der Waals surface area contributed by atoms with Gasteiger partial charge in [-0.1, -0.05) is 34.1 Å². The van der Waals surface area contributed by atoms with E-state index in [2.05, 4.69) is 21.3 Å². The van der Waals surface area contributed by atoms with E-state index in [1.807, 2.05) is 34.6 Å². The van der Waals surface area contributed by atoms with Crippen LogP contribution in [0.2, 0.25) is 0 Å². The number of carbonyl (C=O) groups excluding carboxylic acids is 5. The van der Waals surface area contributed by atoms with Crippen LogP contribution in [-0.4, -0.2) is 124 Å². The normalized spacial score (nSPS) is 18.9. The Balaban J connectivity index is 2.88. The molecule has 6 radical (unpaired) electrons. The van der Waals surface area contributed by atoms with E-state index < -0.39 is 34.8 Å². The summed E-state index contributed by atoms with van der Waals surface area (Å²) in [6.07, 6.45) is 4.64. The summed E-state index contributed by atoms with van der Waals surface area (Å²) in [4.78, 5) is 62.9. The molecule has 0 heterocycles. The minimum Gasteiger partial charge on any atom is -0.361 e. The third kappa shape index (κ3) is 16.7. The molecule has 0 aromatic carbocycles. The number of nitrogens with two attached hydrogens (primary N) is 1. The maximum Gasteiger partial charge on any atom is 0.243 e. The zero-order valence-electron chi connectivity index (χ0n) is 29.2. The first-order chi connectivity index (χ1) is 21.9. The SMILES string of the molecule is [B][B]C(=O)CNC(=O)C(CSC1CCC1SCC(NC(C)(C)CC)C(=O)NCC(=O)[B][B])NC(=O)C(C)(C)CCOC(C)(N)CCC. The van der Waals surface area contributed by atoms with Crippen molar-refractivity contribution in [3.05, 3.63) is 0 Å². The first-order valence-electron chi connectivity index (χ1n) is 16.4. The maximum atomic E-state index is 13.4. The molecule has 5 unspecified atom stereocenters. The van der Waals surface area contributed by atoms with Gasteiger partial charge < -0.3 is 41.3 Å². The Hall–Kier alpha value is -1.41. The third-order valence-corrected chi connectivity index (χ3v) is 11.5. The van der Waals surface area contributed by atoms with E-state index in [1.165, 1.54) is 0 Å². The Labute approximate surface area is 294 Å². The van der Waals surface area contributed by atoms with E-state index in [9.17, 15) is 24.0 Å². The average molecular weight is 687 g/mol. The number of nitrogens with one attached hydrogen (secondary N) is 4. The second-order valence-electron chi connectivity index (χ2n) is 13.5. The quantitative estimate of drug-likeness (QED) is 0.0669. The average Bonchev–Trinajstić information content (AvgIpc) is 2.99. The Kier molecular flexibility index (Phi) is 19.4. The van der Waals surface area contributed by atoms with Gasteiger partial charge in [-0.15, -0.1) is 0 Å². The molecule has 0 saturated heterocycles. The van der Waals surface area contributed by atoms with Crippen molar-refractivity contribution in [2.24, 2.45) is 11.1 Å². The summed E-state index contributed by atoms with van der Waals surface area (Å²) in [5.74, 6) is -0.257. The molecule has 258 valence electrons. The van der Waals surface area contributed by atoms with E-state index in [0.29, 0.717) is 24.3 Å². The second kappa shape index (κ2) is 21.0. The molecule has 0 bridgehead atoms. The van der Waals surface area contributed by atoms with E-state index >= 15 is 0 Å². The monoisotopic (exact) mass is 687 g/mol. The van der Waals surface area contributed by atoms with Gasteiger partial charge in [-0.2, -0.15) is 23.5 Å². The third-order valence-electron chi connectivity index (χ3n) is 8.26. The maximum absolute atomic E-state index is 13.4. The van der Waals surface area contributed by atoms with Gasteiger partial charge in [-0.25, -0.2) is 0 Å². The highest BCUT2D eigenvalue weighted by Crippen LogP contribution is 2.40. The van der Waals surface area contributed by atoms with Gasteiger partial charge in [0.2, 0.25) is 17.7 Å². The van der Waals surface area contributed by atoms with Crippen LogP contribution in [0, 0.1) is 5.41 Å². The highest BCUT2D eigenvalue weighted by atomic mass is 32.2. The molecule has 0 aromatic heterocycles. The molecule has 1 rings (SSSR count). The lowest BCUT2D eigenvalue weighted by Gasteiger charge is -2.38. The van der Waals surface area contributed by atoms with Crippen LogP contribution in [-0.2, 0) is 28.7 Å². The summed E-state index contributed by atoms with van der Waals surface area (Å²) in [5, 5.41) is 12.0. The first kappa shape index (κ1) is 43.6. The summed E-state index contributed by atoms with van der Waals surface area (Å²) >= 11 is 3.26. The lowest BCUT2D eigenvalue weighted by atomic mass is 9.53. The van der Waals surface area contributed by atoms with Crippen molar-refractivity contribution in [2.45, 2.75) is 121 Å². The van der Waals surface area contributed by atoms with E-state index in [-0.39, 0.29) is 53.2 Å². The predicted molar refractivity (Wildman–Crippen MR) is 196 cm³/mol. The van der Waals surface area contributed by atoms with Crippen molar-refractivity contribution in [1.82, 2.24) is 21.3 Å². The molecule has 6 N–H and O–H groups in total. The van der Waals surface area contributed by atoms with Crippen LogP contribution >= 0.6 is 23.5 Å². The fraction of sp³-hybridized carbons (Fsp3) is 0.833. The molecule has 1 aliphatic rings. The lowest BCUT2D eigenvalue weighted by Crippen LogP contribution is -2.55. The van der Waals surface area contributed by atoms with Crippen molar-refractivity contribution in [3.63, 3.8) is 0 Å². The van der Waals surface area contributed by atoms with Crippen LogP contribution in [0.25, 0.3) is 0 Å². The summed E-state index contributed by atoms with van der Waals surface area (Å²) < 4.78 is 5.82. The molecule has 11 nitrogen and oxygen atoms in total. The number of ether oxygens (including phenoxy) is 1. The lowest BCUT2D eigenvalue weighted by molar-refractivity contribution is -0.135. The van der Waals surface area contributed by atoms with Gasteiger partial charge in [-0.05, 0) is 52.9 Å². The largest absolute Gasteiger partial charge is 0.361 e. The van der Waals surface area contributed by atoms with Gasteiger partial charge in [0.15, 0.2) is 0 Å². The van der Waals surface area contributed by atoms with Crippen LogP contribution in [0.5, 0.6) is 0 Å². The summed E-state index contributed by atoms with van der Waals surface area (Å²) in [7, 11) is 12.4. The Morgan fingerprint density at radius 1 is 0.851 bits per heavy atom. The van der Waals surface area contributed by atoms with Crippen molar-refractivity contribution in [1.29, 1.82) is 0 Å². The molecule has 3 amide bonds. The summed E-state index contributed by atoms with van der Waals surface area (Å²) in [6.45, 7) is 13.4. The van der Waals surface area contributed by atoms with Gasteiger partial charge in [0.1, 0.15) is 26.1 Å². The van der Waals surface area contributed by atoms with Gasteiger partial charge in [0.05, 0.1) is 30.5 Å². The smallest absolute Gasteiger partial charge is 0.243 e. The summed E-state index contributed by atoms with van der Waals surface area (Å²) in [5.41, 5.74) is 3.45. The fourth-order valence-corrected chi connectivity index (χ4v) is 7.61. The summed E-state index contributed by atoms with van der Waals surface area (Å²) in [6, 6.07) is -1.40. The minimum atomic E-state index is -0.883. The van der Waals surface area contributed by atoms with Crippen LogP contribution in [0.1, 0.15) is 87.0 Å². The van der Waals surface area contributed by atoms with Crippen molar-refractivity contribution in [2.75, 3.05) is 31.2 Å². The van der Waals surface area contributed by atoms with E-state index in [0.717, 1.165) is 40.0 Å².